The highest BCUT2D eigenvalue weighted by Gasteiger charge is 2.61. The number of nitrogens with zero attached hydrogens (tertiary/aromatic N) is 5. The second kappa shape index (κ2) is 9.79. The molecular weight excluding hydrogens is 504 g/mol. The standard InChI is InChI=1S/C27H28N6O4S/c1-31-17-29-30-26(31)38-16-23(35)32-12-10-27-20-8-2-3-9-21(20)33(25(27)36)15-22(34)28-11-5-13-37-19-7-4-6-18(14-19)24(27)32/h2-4,6-9,14,17,24H,5,10-13,15-16H2,1H3,(H,28,34)/t24-,27+/m0/s1. The number of amides is 3. The largest absolute Gasteiger partial charge is 0.494 e. The van der Waals surface area contributed by atoms with E-state index in [-0.39, 0.29) is 30.0 Å². The maximum Gasteiger partial charge on any atom is 0.240 e. The van der Waals surface area contributed by atoms with Gasteiger partial charge in [-0.05, 0) is 42.2 Å². The Hall–Kier alpha value is -3.86. The molecule has 0 saturated carbocycles. The van der Waals surface area contributed by atoms with Gasteiger partial charge in [-0.1, -0.05) is 42.1 Å². The minimum atomic E-state index is -1.01. The number of aromatic nitrogens is 3. The van der Waals surface area contributed by atoms with Gasteiger partial charge in [-0.2, -0.15) is 0 Å². The maximum absolute atomic E-state index is 14.4. The van der Waals surface area contributed by atoms with E-state index in [1.165, 1.54) is 11.8 Å². The van der Waals surface area contributed by atoms with E-state index < -0.39 is 11.5 Å². The van der Waals surface area contributed by atoms with Crippen LogP contribution in [-0.2, 0) is 26.8 Å². The number of hydrogen-bond donors (Lipinski definition) is 1. The van der Waals surface area contributed by atoms with E-state index in [9.17, 15) is 14.4 Å². The van der Waals surface area contributed by atoms with E-state index in [0.717, 1.165) is 16.8 Å². The average molecular weight is 533 g/mol. The smallest absolute Gasteiger partial charge is 0.240 e. The molecule has 196 valence electrons. The van der Waals surface area contributed by atoms with Crippen LogP contribution in [0, 0.1) is 0 Å². The topological polar surface area (TPSA) is 110 Å². The predicted molar refractivity (Wildman–Crippen MR) is 141 cm³/mol. The van der Waals surface area contributed by atoms with Gasteiger partial charge in [0.15, 0.2) is 5.16 Å². The number of carbonyl (C=O) groups excluding carboxylic acids is 3. The molecular formula is C27H28N6O4S. The molecule has 4 heterocycles. The van der Waals surface area contributed by atoms with Crippen LogP contribution in [-0.4, -0.2) is 69.4 Å². The van der Waals surface area contributed by atoms with Gasteiger partial charge in [-0.25, -0.2) is 0 Å². The van der Waals surface area contributed by atoms with Gasteiger partial charge in [0, 0.05) is 25.8 Å². The lowest BCUT2D eigenvalue weighted by Crippen LogP contribution is -2.48. The lowest BCUT2D eigenvalue weighted by molar-refractivity contribution is -0.132. The van der Waals surface area contributed by atoms with Crippen LogP contribution in [0.1, 0.15) is 30.0 Å². The summed E-state index contributed by atoms with van der Waals surface area (Å²) in [5.74, 6) is 0.372. The number of hydrogen-bond acceptors (Lipinski definition) is 7. The first-order valence-electron chi connectivity index (χ1n) is 12.7. The van der Waals surface area contributed by atoms with Gasteiger partial charge in [-0.15, -0.1) is 10.2 Å². The fourth-order valence-corrected chi connectivity index (χ4v) is 6.63. The molecule has 1 saturated heterocycles. The van der Waals surface area contributed by atoms with Gasteiger partial charge < -0.3 is 24.4 Å². The first kappa shape index (κ1) is 24.5. The van der Waals surface area contributed by atoms with Gasteiger partial charge in [-0.3, -0.25) is 14.4 Å². The summed E-state index contributed by atoms with van der Waals surface area (Å²) in [6, 6.07) is 14.8. The molecule has 2 atom stereocenters. The number of nitrogens with one attached hydrogen (secondary N) is 1. The van der Waals surface area contributed by atoms with Gasteiger partial charge in [0.2, 0.25) is 17.7 Å². The second-order valence-electron chi connectivity index (χ2n) is 9.76. The van der Waals surface area contributed by atoms with Crippen molar-refractivity contribution in [1.82, 2.24) is 25.0 Å². The van der Waals surface area contributed by atoms with Crippen LogP contribution in [0.25, 0.3) is 0 Å². The summed E-state index contributed by atoms with van der Waals surface area (Å²) in [5.41, 5.74) is 1.40. The fourth-order valence-electron chi connectivity index (χ4n) is 5.85. The number of aryl methyl sites for hydroxylation is 1. The van der Waals surface area contributed by atoms with E-state index >= 15 is 0 Å². The number of ether oxygens (including phenoxy) is 1. The Morgan fingerprint density at radius 1 is 1.21 bits per heavy atom. The molecule has 1 spiro atoms. The van der Waals surface area contributed by atoms with E-state index in [1.54, 1.807) is 15.8 Å². The molecule has 3 aliphatic heterocycles. The van der Waals surface area contributed by atoms with E-state index in [1.807, 2.05) is 60.5 Å². The number of likely N-dealkylation sites (tertiary alicyclic amines) is 1. The maximum atomic E-state index is 14.4. The summed E-state index contributed by atoms with van der Waals surface area (Å²) in [4.78, 5) is 44.4. The quantitative estimate of drug-likeness (QED) is 0.515. The van der Waals surface area contributed by atoms with Gasteiger partial charge in [0.05, 0.1) is 18.4 Å². The molecule has 11 heteroatoms. The molecule has 0 unspecified atom stereocenters. The summed E-state index contributed by atoms with van der Waals surface area (Å²) in [6.45, 7) is 1.25. The van der Waals surface area contributed by atoms with Crippen LogP contribution in [0.5, 0.6) is 5.75 Å². The second-order valence-corrected chi connectivity index (χ2v) is 10.7. The number of thioether (sulfide) groups is 1. The van der Waals surface area contributed by atoms with Crippen LogP contribution in [0.15, 0.2) is 60.0 Å². The van der Waals surface area contributed by atoms with Crippen molar-refractivity contribution in [3.8, 4) is 5.75 Å². The molecule has 3 amide bonds. The molecule has 1 fully saturated rings. The first-order valence-corrected chi connectivity index (χ1v) is 13.6. The predicted octanol–water partition coefficient (Wildman–Crippen LogP) is 2.06. The summed E-state index contributed by atoms with van der Waals surface area (Å²) >= 11 is 1.32. The Morgan fingerprint density at radius 3 is 2.92 bits per heavy atom. The number of anilines is 1. The van der Waals surface area contributed by atoms with Crippen molar-refractivity contribution in [2.75, 3.05) is 36.9 Å². The molecule has 10 nitrogen and oxygen atoms in total. The molecule has 3 aliphatic rings. The Labute approximate surface area is 224 Å². The van der Waals surface area contributed by atoms with Crippen molar-refractivity contribution >= 4 is 35.2 Å². The molecule has 1 aromatic heterocycles. The average Bonchev–Trinajstić information content (AvgIpc) is 3.59. The minimum absolute atomic E-state index is 0.0683. The highest BCUT2D eigenvalue weighted by Crippen LogP contribution is 2.56. The SMILES string of the molecule is Cn1cnnc1SCC(=O)N1CC[C@]23C(=O)N(CC(=O)NCCCOc4cccc(c4)[C@H]12)c1ccccc13. The fraction of sp³-hybridized carbons (Fsp3) is 0.370. The Bertz CT molecular complexity index is 1410. The monoisotopic (exact) mass is 532 g/mol. The molecule has 38 heavy (non-hydrogen) atoms. The summed E-state index contributed by atoms with van der Waals surface area (Å²) in [6.07, 6.45) is 2.69. The van der Waals surface area contributed by atoms with Gasteiger partial charge in [0.25, 0.3) is 0 Å². The summed E-state index contributed by atoms with van der Waals surface area (Å²) in [5, 5.41) is 11.5. The number of para-hydroxylation sites is 1. The Morgan fingerprint density at radius 2 is 2.08 bits per heavy atom. The third-order valence-electron chi connectivity index (χ3n) is 7.53. The third-order valence-corrected chi connectivity index (χ3v) is 8.55. The molecule has 0 aliphatic carbocycles. The van der Waals surface area contributed by atoms with Crippen LogP contribution in [0.3, 0.4) is 0 Å². The van der Waals surface area contributed by atoms with E-state index in [0.29, 0.717) is 43.4 Å². The molecule has 1 N–H and O–H groups in total. The van der Waals surface area contributed by atoms with Crippen molar-refractivity contribution < 1.29 is 19.1 Å². The van der Waals surface area contributed by atoms with E-state index in [2.05, 4.69) is 15.5 Å². The first-order chi connectivity index (χ1) is 18.5. The van der Waals surface area contributed by atoms with Gasteiger partial charge in [0.1, 0.15) is 24.0 Å². The zero-order valence-corrected chi connectivity index (χ0v) is 21.8. The van der Waals surface area contributed by atoms with Crippen molar-refractivity contribution in [3.63, 3.8) is 0 Å². The number of rotatable bonds is 3. The van der Waals surface area contributed by atoms with Gasteiger partial charge >= 0.3 is 0 Å². The highest BCUT2D eigenvalue weighted by atomic mass is 32.2. The lowest BCUT2D eigenvalue weighted by atomic mass is 9.72. The lowest BCUT2D eigenvalue weighted by Gasteiger charge is -2.35. The van der Waals surface area contributed by atoms with Crippen LogP contribution >= 0.6 is 11.8 Å². The third kappa shape index (κ3) is 4.01. The molecule has 0 radical (unpaired) electrons. The molecule has 6 rings (SSSR count). The summed E-state index contributed by atoms with van der Waals surface area (Å²) in [7, 11) is 1.83. The minimum Gasteiger partial charge on any atom is -0.494 e. The van der Waals surface area contributed by atoms with Crippen molar-refractivity contribution in [2.45, 2.75) is 29.5 Å². The number of benzene rings is 2. The molecule has 3 aromatic rings. The van der Waals surface area contributed by atoms with Crippen LogP contribution in [0.4, 0.5) is 5.69 Å². The molecule has 4 bridgehead atoms. The zero-order chi connectivity index (χ0) is 26.3. The Balaban J connectivity index is 1.45. The van der Waals surface area contributed by atoms with Crippen molar-refractivity contribution in [3.05, 3.63) is 66.0 Å². The summed E-state index contributed by atoms with van der Waals surface area (Å²) < 4.78 is 7.75. The normalized spacial score (nSPS) is 22.8. The highest BCUT2D eigenvalue weighted by molar-refractivity contribution is 7.99. The van der Waals surface area contributed by atoms with Crippen LogP contribution in [0.2, 0.25) is 0 Å². The number of fused-ring (bicyclic) bond motifs is 6. The van der Waals surface area contributed by atoms with Crippen LogP contribution < -0.4 is 15.0 Å². The van der Waals surface area contributed by atoms with Crippen molar-refractivity contribution in [1.29, 1.82) is 0 Å². The number of carbonyl (C=O) groups is 3. The Kier molecular flexibility index (Phi) is 6.30. The molecule has 2 aromatic carbocycles. The van der Waals surface area contributed by atoms with Crippen molar-refractivity contribution in [2.24, 2.45) is 7.05 Å². The van der Waals surface area contributed by atoms with E-state index in [4.69, 9.17) is 4.74 Å². The zero-order valence-electron chi connectivity index (χ0n) is 21.0.